The molecule has 0 saturated heterocycles. The maximum absolute atomic E-state index is 14.3. The van der Waals surface area contributed by atoms with Crippen molar-refractivity contribution in [1.82, 2.24) is 4.72 Å². The first-order valence-electron chi connectivity index (χ1n) is 9.97. The number of alkyl halides is 3. The van der Waals surface area contributed by atoms with Gasteiger partial charge in [0.2, 0.25) is 19.7 Å². The molecule has 1 N–H and O–H groups in total. The summed E-state index contributed by atoms with van der Waals surface area (Å²) in [6.07, 6.45) is 0. The number of sulfone groups is 2. The van der Waals surface area contributed by atoms with Crippen LogP contribution in [0.4, 0.5) is 23.2 Å². The highest BCUT2D eigenvalue weighted by Crippen LogP contribution is 2.35. The number of nitrogens with zero attached hydrogens (tertiary/aromatic N) is 1. The highest BCUT2D eigenvalue weighted by Gasteiger charge is 2.46. The van der Waals surface area contributed by atoms with E-state index < -0.39 is 66.6 Å². The normalized spacial score (nSPS) is 13.6. The average Bonchev–Trinajstić information content (AvgIpc) is 2.82. The Morgan fingerprint density at radius 3 is 1.95 bits per heavy atom. The van der Waals surface area contributed by atoms with Gasteiger partial charge in [-0.1, -0.05) is 36.4 Å². The van der Waals surface area contributed by atoms with Crippen molar-refractivity contribution >= 4 is 35.4 Å². The van der Waals surface area contributed by atoms with Crippen molar-refractivity contribution in [3.8, 4) is 0 Å². The molecule has 8 nitrogen and oxygen atoms in total. The molecule has 0 aliphatic heterocycles. The predicted molar refractivity (Wildman–Crippen MR) is 123 cm³/mol. The lowest BCUT2D eigenvalue weighted by atomic mass is 10.1. The number of rotatable bonds is 7. The van der Waals surface area contributed by atoms with Crippen molar-refractivity contribution in [3.63, 3.8) is 0 Å². The van der Waals surface area contributed by atoms with Gasteiger partial charge in [-0.2, -0.15) is 13.2 Å². The van der Waals surface area contributed by atoms with Crippen molar-refractivity contribution in [2.75, 3.05) is 0 Å². The van der Waals surface area contributed by atoms with Crippen LogP contribution in [0.1, 0.15) is 18.5 Å². The van der Waals surface area contributed by atoms with Crippen LogP contribution in [0.2, 0.25) is 0 Å². The first-order valence-corrected chi connectivity index (χ1v) is 14.4. The summed E-state index contributed by atoms with van der Waals surface area (Å²) in [5, 5.41) is 0. The van der Waals surface area contributed by atoms with Gasteiger partial charge >= 0.3 is 15.5 Å². The Balaban J connectivity index is 2.09. The van der Waals surface area contributed by atoms with E-state index in [1.165, 1.54) is 16.9 Å². The smallest absolute Gasteiger partial charge is 0.238 e. The Hall–Kier alpha value is -3.32. The maximum atomic E-state index is 14.3. The number of sulfonamides is 1. The van der Waals surface area contributed by atoms with E-state index in [2.05, 4.69) is 4.85 Å². The molecule has 0 aliphatic carbocycles. The number of halogens is 4. The molecule has 0 bridgehead atoms. The molecule has 1 unspecified atom stereocenters. The Morgan fingerprint density at radius 2 is 1.41 bits per heavy atom. The number of nitrogens with one attached hydrogen (secondary N) is 1. The lowest BCUT2D eigenvalue weighted by Gasteiger charge is -2.17. The summed E-state index contributed by atoms with van der Waals surface area (Å²) in [5.41, 5.74) is -5.80. The molecular formula is C22H16F4N2O6S3. The van der Waals surface area contributed by atoms with Crippen LogP contribution in [0.15, 0.2) is 86.3 Å². The van der Waals surface area contributed by atoms with Gasteiger partial charge in [0.1, 0.15) is 10.7 Å². The third-order valence-corrected chi connectivity index (χ3v) is 10.1. The number of hydrogen-bond acceptors (Lipinski definition) is 6. The molecule has 0 radical (unpaired) electrons. The summed E-state index contributed by atoms with van der Waals surface area (Å²) in [7, 11) is -15.1. The summed E-state index contributed by atoms with van der Waals surface area (Å²) in [6.45, 7) is 8.24. The van der Waals surface area contributed by atoms with E-state index in [0.29, 0.717) is 0 Å². The topological polar surface area (TPSA) is 119 Å². The Morgan fingerprint density at radius 1 is 0.811 bits per heavy atom. The highest BCUT2D eigenvalue weighted by molar-refractivity contribution is 7.94. The minimum absolute atomic E-state index is 0.0191. The summed E-state index contributed by atoms with van der Waals surface area (Å²) in [6, 6.07) is 9.61. The van der Waals surface area contributed by atoms with Gasteiger partial charge in [0.05, 0.1) is 21.3 Å². The lowest BCUT2D eigenvalue weighted by Crippen LogP contribution is -2.37. The molecule has 1 atom stereocenters. The summed E-state index contributed by atoms with van der Waals surface area (Å²) in [5.74, 6) is -1.14. The molecule has 3 aromatic carbocycles. The van der Waals surface area contributed by atoms with Gasteiger partial charge in [0.25, 0.3) is 0 Å². The second-order valence-corrected chi connectivity index (χ2v) is 13.0. The molecule has 0 heterocycles. The van der Waals surface area contributed by atoms with E-state index in [1.807, 2.05) is 0 Å². The molecule has 15 heteroatoms. The molecule has 0 saturated carbocycles. The van der Waals surface area contributed by atoms with Gasteiger partial charge in [-0.3, -0.25) is 0 Å². The quantitative estimate of drug-likeness (QED) is 0.326. The van der Waals surface area contributed by atoms with Crippen LogP contribution in [-0.2, 0) is 29.7 Å². The number of hydrogen-bond donors (Lipinski definition) is 1. The molecule has 0 fully saturated rings. The van der Waals surface area contributed by atoms with Crippen LogP contribution in [0.25, 0.3) is 4.85 Å². The first-order chi connectivity index (χ1) is 17.0. The molecular weight excluding hydrogens is 560 g/mol. The second kappa shape index (κ2) is 9.86. The molecule has 0 aliphatic rings. The van der Waals surface area contributed by atoms with E-state index in [-0.39, 0.29) is 11.3 Å². The van der Waals surface area contributed by atoms with E-state index in [9.17, 15) is 42.8 Å². The van der Waals surface area contributed by atoms with Crippen LogP contribution >= 0.6 is 0 Å². The van der Waals surface area contributed by atoms with Crippen molar-refractivity contribution in [2.24, 2.45) is 0 Å². The monoisotopic (exact) mass is 576 g/mol. The minimum atomic E-state index is -5.67. The molecule has 196 valence electrons. The zero-order valence-electron chi connectivity index (χ0n) is 18.6. The van der Waals surface area contributed by atoms with Crippen LogP contribution in [0.3, 0.4) is 0 Å². The lowest BCUT2D eigenvalue weighted by molar-refractivity contribution is -0.0450. The third kappa shape index (κ3) is 5.52. The standard InChI is InChI=1S/C22H16F4N2O6S3/c1-14(28-37(33,34)22(24,25)26)15-7-10-17(11-8-15)35(29,30)20-12-9-16(27-2)13-21(20)36(31,32)19-6-4-3-5-18(19)23/h3-14,28H,1H3. The van der Waals surface area contributed by atoms with E-state index in [1.54, 1.807) is 0 Å². The fourth-order valence-corrected chi connectivity index (χ4v) is 7.35. The van der Waals surface area contributed by atoms with Gasteiger partial charge in [-0.15, -0.1) is 0 Å². The van der Waals surface area contributed by atoms with Crippen LogP contribution < -0.4 is 4.72 Å². The summed E-state index contributed by atoms with van der Waals surface area (Å²) < 4.78 is 129. The fourth-order valence-electron chi connectivity index (χ4n) is 3.21. The van der Waals surface area contributed by atoms with Gasteiger partial charge in [0.15, 0.2) is 5.69 Å². The molecule has 0 amide bonds. The largest absolute Gasteiger partial charge is 0.511 e. The van der Waals surface area contributed by atoms with E-state index >= 15 is 0 Å². The predicted octanol–water partition coefficient (Wildman–Crippen LogP) is 4.54. The van der Waals surface area contributed by atoms with Gasteiger partial charge in [-0.05, 0) is 42.8 Å². The summed E-state index contributed by atoms with van der Waals surface area (Å²) >= 11 is 0. The average molecular weight is 577 g/mol. The molecule has 3 aromatic rings. The van der Waals surface area contributed by atoms with Crippen LogP contribution in [-0.4, -0.2) is 30.8 Å². The fraction of sp³-hybridized carbons (Fsp3) is 0.136. The van der Waals surface area contributed by atoms with E-state index in [4.69, 9.17) is 6.57 Å². The minimum Gasteiger partial charge on any atom is -0.238 e. The molecule has 0 spiro atoms. The van der Waals surface area contributed by atoms with Gasteiger partial charge in [-0.25, -0.2) is 39.2 Å². The van der Waals surface area contributed by atoms with Crippen molar-refractivity contribution in [1.29, 1.82) is 0 Å². The Labute approximate surface area is 210 Å². The Bertz CT molecular complexity index is 1710. The highest BCUT2D eigenvalue weighted by atomic mass is 32.2. The third-order valence-electron chi connectivity index (χ3n) is 5.09. The maximum Gasteiger partial charge on any atom is 0.511 e. The summed E-state index contributed by atoms with van der Waals surface area (Å²) in [4.78, 5) is 0.193. The van der Waals surface area contributed by atoms with Gasteiger partial charge in [0, 0.05) is 6.04 Å². The molecule has 37 heavy (non-hydrogen) atoms. The van der Waals surface area contributed by atoms with Crippen molar-refractivity contribution in [2.45, 2.75) is 38.1 Å². The Kier molecular flexibility index (Phi) is 7.53. The molecule has 3 rings (SSSR count). The first kappa shape index (κ1) is 28.3. The SMILES string of the molecule is [C-]#[N+]c1ccc(S(=O)(=O)c2ccc(C(C)NS(=O)(=O)C(F)(F)F)cc2)c(S(=O)(=O)c2ccccc2F)c1. The zero-order valence-corrected chi connectivity index (χ0v) is 21.0. The van der Waals surface area contributed by atoms with Gasteiger partial charge < -0.3 is 0 Å². The van der Waals surface area contributed by atoms with Crippen molar-refractivity contribution < 1.29 is 42.8 Å². The zero-order chi connectivity index (χ0) is 27.8. The molecule has 0 aromatic heterocycles. The van der Waals surface area contributed by atoms with Crippen LogP contribution in [0, 0.1) is 12.4 Å². The second-order valence-electron chi connectivity index (χ2n) is 7.54. The van der Waals surface area contributed by atoms with E-state index in [0.717, 1.165) is 61.5 Å². The number of benzene rings is 3. The van der Waals surface area contributed by atoms with Crippen LogP contribution in [0.5, 0.6) is 0 Å². The van der Waals surface area contributed by atoms with Crippen molar-refractivity contribution in [3.05, 3.63) is 89.5 Å².